The molecule has 0 radical (unpaired) electrons. The van der Waals surface area contributed by atoms with Crippen LogP contribution in [0.15, 0.2) is 0 Å². The average Bonchev–Trinajstić information content (AvgIpc) is 2.27. The number of aliphatic carboxylic acids is 1. The van der Waals surface area contributed by atoms with Gasteiger partial charge in [-0.2, -0.15) is 0 Å². The lowest BCUT2D eigenvalue weighted by atomic mass is 9.88. The van der Waals surface area contributed by atoms with Crippen LogP contribution in [0.2, 0.25) is 0 Å². The van der Waals surface area contributed by atoms with Crippen molar-refractivity contribution in [2.75, 3.05) is 6.54 Å². The van der Waals surface area contributed by atoms with Gasteiger partial charge in [0.05, 0.1) is 6.54 Å². The van der Waals surface area contributed by atoms with Gasteiger partial charge >= 0.3 is 5.97 Å². The van der Waals surface area contributed by atoms with E-state index in [1.54, 1.807) is 0 Å². The van der Waals surface area contributed by atoms with Crippen LogP contribution in [0.3, 0.4) is 0 Å². The second-order valence-corrected chi connectivity index (χ2v) is 4.63. The lowest BCUT2D eigenvalue weighted by Crippen LogP contribution is -2.48. The molecule has 0 heterocycles. The van der Waals surface area contributed by atoms with Gasteiger partial charge in [0, 0.05) is 5.92 Å². The fourth-order valence-electron chi connectivity index (χ4n) is 1.84. The Kier molecular flexibility index (Phi) is 4.29. The second-order valence-electron chi connectivity index (χ2n) is 4.63. The first-order chi connectivity index (χ1) is 7.43. The fourth-order valence-corrected chi connectivity index (χ4v) is 1.84. The van der Waals surface area contributed by atoms with E-state index in [0.29, 0.717) is 0 Å². The van der Waals surface area contributed by atoms with Crippen molar-refractivity contribution in [2.24, 2.45) is 5.92 Å². The third-order valence-corrected chi connectivity index (χ3v) is 3.04. The van der Waals surface area contributed by atoms with Crippen molar-refractivity contribution < 1.29 is 19.8 Å². The monoisotopic (exact) mass is 229 g/mol. The summed E-state index contributed by atoms with van der Waals surface area (Å²) < 4.78 is 0. The molecule has 0 aliphatic heterocycles. The molecule has 5 heteroatoms. The van der Waals surface area contributed by atoms with Crippen LogP contribution in [0.1, 0.15) is 39.0 Å². The van der Waals surface area contributed by atoms with Gasteiger partial charge in [0.1, 0.15) is 0 Å². The maximum atomic E-state index is 11.7. The summed E-state index contributed by atoms with van der Waals surface area (Å²) >= 11 is 0. The van der Waals surface area contributed by atoms with Gasteiger partial charge in [0.25, 0.3) is 0 Å². The Morgan fingerprint density at radius 3 is 2.38 bits per heavy atom. The van der Waals surface area contributed by atoms with Crippen LogP contribution in [0.4, 0.5) is 0 Å². The predicted octanol–water partition coefficient (Wildman–Crippen LogP) is 0.518. The fraction of sp³-hybridized carbons (Fsp3) is 0.818. The normalized spacial score (nSPS) is 21.1. The maximum Gasteiger partial charge on any atom is 0.337 e. The van der Waals surface area contributed by atoms with Gasteiger partial charge in [-0.3, -0.25) is 4.79 Å². The number of carbonyl (C=O) groups excluding carboxylic acids is 1. The number of carboxylic acid groups (broad SMARTS) is 1. The minimum atomic E-state index is -1.88. The molecular weight excluding hydrogens is 210 g/mol. The smallest absolute Gasteiger partial charge is 0.337 e. The Balaban J connectivity index is 2.37. The van der Waals surface area contributed by atoms with Crippen molar-refractivity contribution in [1.29, 1.82) is 0 Å². The van der Waals surface area contributed by atoms with Gasteiger partial charge < -0.3 is 15.5 Å². The summed E-state index contributed by atoms with van der Waals surface area (Å²) in [7, 11) is 0. The van der Waals surface area contributed by atoms with E-state index >= 15 is 0 Å². The molecular formula is C11H19NO4. The molecule has 1 unspecified atom stereocenters. The van der Waals surface area contributed by atoms with Gasteiger partial charge in [-0.05, 0) is 19.8 Å². The number of carboxylic acids is 1. The molecule has 0 spiro atoms. The molecule has 0 bridgehead atoms. The quantitative estimate of drug-likeness (QED) is 0.656. The summed E-state index contributed by atoms with van der Waals surface area (Å²) in [5.74, 6) is -1.48. The van der Waals surface area contributed by atoms with E-state index in [4.69, 9.17) is 5.11 Å². The van der Waals surface area contributed by atoms with Crippen LogP contribution >= 0.6 is 0 Å². The lowest BCUT2D eigenvalue weighted by molar-refractivity contribution is -0.156. The van der Waals surface area contributed by atoms with Crippen molar-refractivity contribution in [3.8, 4) is 0 Å². The van der Waals surface area contributed by atoms with E-state index in [1.807, 2.05) is 0 Å². The van der Waals surface area contributed by atoms with Crippen molar-refractivity contribution >= 4 is 11.9 Å². The zero-order valence-corrected chi connectivity index (χ0v) is 9.53. The van der Waals surface area contributed by atoms with Crippen molar-refractivity contribution in [3.05, 3.63) is 0 Å². The van der Waals surface area contributed by atoms with Crippen LogP contribution in [-0.4, -0.2) is 34.2 Å². The molecule has 0 aromatic heterocycles. The number of hydrogen-bond acceptors (Lipinski definition) is 3. The van der Waals surface area contributed by atoms with Crippen LogP contribution in [0, 0.1) is 5.92 Å². The summed E-state index contributed by atoms with van der Waals surface area (Å²) in [5, 5.41) is 20.6. The van der Waals surface area contributed by atoms with Crippen molar-refractivity contribution in [3.63, 3.8) is 0 Å². The lowest BCUT2D eigenvalue weighted by Gasteiger charge is -2.23. The molecule has 1 rings (SSSR count). The van der Waals surface area contributed by atoms with E-state index in [1.165, 1.54) is 6.92 Å². The largest absolute Gasteiger partial charge is 0.479 e. The summed E-state index contributed by atoms with van der Waals surface area (Å²) in [6.45, 7) is 0.939. The van der Waals surface area contributed by atoms with Crippen LogP contribution in [0.5, 0.6) is 0 Å². The standard InChI is InChI=1S/C11H19NO4/c1-11(16,10(14)15)7-12-9(13)8-5-3-2-4-6-8/h8,16H,2-7H2,1H3,(H,12,13)(H,14,15). The van der Waals surface area contributed by atoms with E-state index in [-0.39, 0.29) is 18.4 Å². The molecule has 1 amide bonds. The second kappa shape index (κ2) is 5.30. The molecule has 0 aromatic carbocycles. The number of hydrogen-bond donors (Lipinski definition) is 3. The molecule has 1 aliphatic rings. The van der Waals surface area contributed by atoms with E-state index in [9.17, 15) is 14.7 Å². The van der Waals surface area contributed by atoms with Gasteiger partial charge in [0.2, 0.25) is 5.91 Å². The third kappa shape index (κ3) is 3.48. The number of carbonyl (C=O) groups is 2. The minimum Gasteiger partial charge on any atom is -0.479 e. The van der Waals surface area contributed by atoms with Gasteiger partial charge in [-0.1, -0.05) is 19.3 Å². The van der Waals surface area contributed by atoms with Crippen LogP contribution in [0.25, 0.3) is 0 Å². The molecule has 92 valence electrons. The Hall–Kier alpha value is -1.10. The molecule has 0 saturated heterocycles. The SMILES string of the molecule is CC(O)(CNC(=O)C1CCCCC1)C(=O)O. The Morgan fingerprint density at radius 1 is 1.31 bits per heavy atom. The molecule has 16 heavy (non-hydrogen) atoms. The summed E-state index contributed by atoms with van der Waals surface area (Å²) in [6, 6.07) is 0. The number of aliphatic hydroxyl groups is 1. The third-order valence-electron chi connectivity index (χ3n) is 3.04. The summed E-state index contributed by atoms with van der Waals surface area (Å²) in [5.41, 5.74) is -1.88. The van der Waals surface area contributed by atoms with Gasteiger partial charge in [-0.15, -0.1) is 0 Å². The molecule has 1 atom stereocenters. The van der Waals surface area contributed by atoms with E-state index < -0.39 is 11.6 Å². The van der Waals surface area contributed by atoms with Crippen LogP contribution < -0.4 is 5.32 Å². The average molecular weight is 229 g/mol. The minimum absolute atomic E-state index is 0.0154. The first-order valence-corrected chi connectivity index (χ1v) is 5.67. The first-order valence-electron chi connectivity index (χ1n) is 5.67. The van der Waals surface area contributed by atoms with E-state index in [0.717, 1.165) is 32.1 Å². The highest BCUT2D eigenvalue weighted by Crippen LogP contribution is 2.23. The highest BCUT2D eigenvalue weighted by Gasteiger charge is 2.31. The molecule has 1 fully saturated rings. The Morgan fingerprint density at radius 2 is 1.88 bits per heavy atom. The summed E-state index contributed by atoms with van der Waals surface area (Å²) in [6.07, 6.45) is 4.99. The molecule has 1 aliphatic carbocycles. The molecule has 1 saturated carbocycles. The van der Waals surface area contributed by atoms with Crippen LogP contribution in [-0.2, 0) is 9.59 Å². The Labute approximate surface area is 94.8 Å². The zero-order chi connectivity index (χ0) is 12.2. The number of nitrogens with one attached hydrogen (secondary N) is 1. The zero-order valence-electron chi connectivity index (χ0n) is 9.53. The maximum absolute atomic E-state index is 11.7. The molecule has 5 nitrogen and oxygen atoms in total. The molecule has 3 N–H and O–H groups in total. The molecule has 0 aromatic rings. The van der Waals surface area contributed by atoms with Gasteiger partial charge in [-0.25, -0.2) is 4.79 Å². The van der Waals surface area contributed by atoms with Gasteiger partial charge in [0.15, 0.2) is 5.60 Å². The topological polar surface area (TPSA) is 86.6 Å². The predicted molar refractivity (Wildman–Crippen MR) is 57.8 cm³/mol. The van der Waals surface area contributed by atoms with E-state index in [2.05, 4.69) is 5.32 Å². The Bertz CT molecular complexity index is 269. The number of rotatable bonds is 4. The highest BCUT2D eigenvalue weighted by atomic mass is 16.4. The first kappa shape index (κ1) is 13.0. The van der Waals surface area contributed by atoms with Crippen molar-refractivity contribution in [2.45, 2.75) is 44.6 Å². The number of amides is 1. The highest BCUT2D eigenvalue weighted by molar-refractivity contribution is 5.81. The summed E-state index contributed by atoms with van der Waals surface area (Å²) in [4.78, 5) is 22.3. The van der Waals surface area contributed by atoms with Crippen molar-refractivity contribution in [1.82, 2.24) is 5.32 Å².